The molecule has 2 aliphatic rings. The fourth-order valence-corrected chi connectivity index (χ4v) is 4.31. The first-order valence-electron chi connectivity index (χ1n) is 8.18. The normalized spacial score (nSPS) is 35.4. The Kier molecular flexibility index (Phi) is 4.32. The molecule has 2 saturated carbocycles. The molecule has 0 aliphatic heterocycles. The molecule has 3 atom stereocenters. The molecule has 2 rings (SSSR count). The Morgan fingerprint density at radius 2 is 2.05 bits per heavy atom. The van der Waals surface area contributed by atoms with E-state index in [1.54, 1.807) is 0 Å². The minimum Gasteiger partial charge on any atom is -0.462 e. The van der Waals surface area contributed by atoms with E-state index in [-0.39, 0.29) is 5.97 Å². The zero-order chi connectivity index (χ0) is 15.0. The average molecular weight is 278 g/mol. The highest BCUT2D eigenvalue weighted by Crippen LogP contribution is 2.68. The van der Waals surface area contributed by atoms with Crippen LogP contribution in [-0.2, 0) is 9.53 Å². The summed E-state index contributed by atoms with van der Waals surface area (Å²) >= 11 is 0. The Morgan fingerprint density at radius 1 is 1.35 bits per heavy atom. The molecule has 2 aliphatic carbocycles. The molecule has 0 radical (unpaired) electrons. The van der Waals surface area contributed by atoms with Gasteiger partial charge in [-0.2, -0.15) is 0 Å². The lowest BCUT2D eigenvalue weighted by Gasteiger charge is -2.38. The van der Waals surface area contributed by atoms with Gasteiger partial charge in [0.05, 0.1) is 6.61 Å². The van der Waals surface area contributed by atoms with Crippen LogP contribution in [0.25, 0.3) is 0 Å². The lowest BCUT2D eigenvalue weighted by Crippen LogP contribution is -2.31. The molecule has 2 fully saturated rings. The van der Waals surface area contributed by atoms with Crippen LogP contribution in [0.3, 0.4) is 0 Å². The summed E-state index contributed by atoms with van der Waals surface area (Å²) in [7, 11) is 0. The van der Waals surface area contributed by atoms with Crippen LogP contribution in [0, 0.1) is 22.7 Å². The molecule has 3 unspecified atom stereocenters. The maximum Gasteiger partial charge on any atom is 0.333 e. The second kappa shape index (κ2) is 5.54. The molecule has 0 N–H and O–H groups in total. The molecule has 0 saturated heterocycles. The summed E-state index contributed by atoms with van der Waals surface area (Å²) in [4.78, 5) is 12.0. The van der Waals surface area contributed by atoms with Crippen molar-refractivity contribution in [2.45, 2.75) is 66.7 Å². The molecule has 0 aromatic rings. The Morgan fingerprint density at radius 3 is 2.55 bits per heavy atom. The van der Waals surface area contributed by atoms with E-state index < -0.39 is 0 Å². The van der Waals surface area contributed by atoms with Crippen molar-refractivity contribution in [3.63, 3.8) is 0 Å². The van der Waals surface area contributed by atoms with Crippen LogP contribution in [0.1, 0.15) is 66.7 Å². The summed E-state index contributed by atoms with van der Waals surface area (Å²) in [6.45, 7) is 11.8. The van der Waals surface area contributed by atoms with Gasteiger partial charge in [-0.1, -0.05) is 40.2 Å². The SMILES string of the molecule is CCCCOC(=O)C(C)=CC1CC2CCC1(C)C2(C)C. The van der Waals surface area contributed by atoms with Gasteiger partial charge in [0.25, 0.3) is 0 Å². The third-order valence-corrected chi connectivity index (χ3v) is 6.37. The Bertz CT molecular complexity index is 408. The summed E-state index contributed by atoms with van der Waals surface area (Å²) in [5.41, 5.74) is 1.55. The van der Waals surface area contributed by atoms with Gasteiger partial charge in [0.1, 0.15) is 0 Å². The van der Waals surface area contributed by atoms with Gasteiger partial charge in [-0.15, -0.1) is 0 Å². The minimum atomic E-state index is -0.123. The smallest absolute Gasteiger partial charge is 0.333 e. The molecule has 2 heteroatoms. The van der Waals surface area contributed by atoms with Crippen molar-refractivity contribution in [1.82, 2.24) is 0 Å². The highest BCUT2D eigenvalue weighted by Gasteiger charge is 2.60. The van der Waals surface area contributed by atoms with E-state index in [2.05, 4.69) is 33.8 Å². The molecule has 2 nitrogen and oxygen atoms in total. The molecular formula is C18H30O2. The number of fused-ring (bicyclic) bond motifs is 2. The van der Waals surface area contributed by atoms with Gasteiger partial charge in [-0.25, -0.2) is 4.79 Å². The van der Waals surface area contributed by atoms with Crippen LogP contribution < -0.4 is 0 Å². The standard InChI is InChI=1S/C18H30O2/c1-6-7-10-20-16(19)13(2)11-15-12-14-8-9-18(15,5)17(14,3)4/h11,14-15H,6-10,12H2,1-5H3. The maximum atomic E-state index is 12.0. The lowest BCUT2D eigenvalue weighted by molar-refractivity contribution is -0.139. The number of hydrogen-bond acceptors (Lipinski definition) is 2. The van der Waals surface area contributed by atoms with Gasteiger partial charge in [-0.3, -0.25) is 0 Å². The number of carbonyl (C=O) groups is 1. The number of esters is 1. The number of hydrogen-bond donors (Lipinski definition) is 0. The van der Waals surface area contributed by atoms with Crippen LogP contribution in [0.5, 0.6) is 0 Å². The van der Waals surface area contributed by atoms with Gasteiger partial charge in [-0.05, 0) is 55.3 Å². The van der Waals surface area contributed by atoms with E-state index in [4.69, 9.17) is 4.74 Å². The zero-order valence-electron chi connectivity index (χ0n) is 13.8. The molecule has 20 heavy (non-hydrogen) atoms. The van der Waals surface area contributed by atoms with Crippen molar-refractivity contribution in [3.05, 3.63) is 11.6 Å². The largest absolute Gasteiger partial charge is 0.462 e. The first-order valence-corrected chi connectivity index (χ1v) is 8.18. The highest BCUT2D eigenvalue weighted by atomic mass is 16.5. The van der Waals surface area contributed by atoms with E-state index in [0.717, 1.165) is 24.3 Å². The quantitative estimate of drug-likeness (QED) is 0.412. The van der Waals surface area contributed by atoms with Crippen LogP contribution in [0.4, 0.5) is 0 Å². The molecule has 0 amide bonds. The molecule has 0 spiro atoms. The van der Waals surface area contributed by atoms with E-state index >= 15 is 0 Å². The number of allylic oxidation sites excluding steroid dienone is 1. The molecule has 0 aromatic heterocycles. The zero-order valence-corrected chi connectivity index (χ0v) is 13.8. The molecule has 2 bridgehead atoms. The van der Waals surface area contributed by atoms with Crippen LogP contribution >= 0.6 is 0 Å². The van der Waals surface area contributed by atoms with Crippen LogP contribution in [-0.4, -0.2) is 12.6 Å². The number of ether oxygens (including phenoxy) is 1. The predicted octanol–water partition coefficient (Wildman–Crippen LogP) is 4.74. The third-order valence-electron chi connectivity index (χ3n) is 6.37. The van der Waals surface area contributed by atoms with Gasteiger partial charge in [0, 0.05) is 5.57 Å². The van der Waals surface area contributed by atoms with E-state index in [9.17, 15) is 4.79 Å². The second-order valence-corrected chi connectivity index (χ2v) is 7.56. The maximum absolute atomic E-state index is 12.0. The summed E-state index contributed by atoms with van der Waals surface area (Å²) in [6, 6.07) is 0. The number of carbonyl (C=O) groups excluding carboxylic acids is 1. The second-order valence-electron chi connectivity index (χ2n) is 7.56. The molecule has 114 valence electrons. The number of unbranched alkanes of at least 4 members (excludes halogenated alkanes) is 1. The third kappa shape index (κ3) is 2.42. The van der Waals surface area contributed by atoms with Crippen LogP contribution in [0.15, 0.2) is 11.6 Å². The first-order chi connectivity index (χ1) is 9.33. The monoisotopic (exact) mass is 278 g/mol. The van der Waals surface area contributed by atoms with E-state index in [1.165, 1.54) is 19.3 Å². The Labute approximate surface area is 124 Å². The summed E-state index contributed by atoms with van der Waals surface area (Å²) in [6.07, 6.45) is 8.11. The summed E-state index contributed by atoms with van der Waals surface area (Å²) < 4.78 is 5.31. The molecular weight excluding hydrogens is 248 g/mol. The fraction of sp³-hybridized carbons (Fsp3) is 0.833. The van der Waals surface area contributed by atoms with Gasteiger partial charge < -0.3 is 4.74 Å². The van der Waals surface area contributed by atoms with Crippen molar-refractivity contribution in [3.8, 4) is 0 Å². The van der Waals surface area contributed by atoms with Crippen molar-refractivity contribution in [2.75, 3.05) is 6.61 Å². The Hall–Kier alpha value is -0.790. The van der Waals surface area contributed by atoms with Gasteiger partial charge in [0.15, 0.2) is 0 Å². The van der Waals surface area contributed by atoms with Crippen molar-refractivity contribution >= 4 is 5.97 Å². The fourth-order valence-electron chi connectivity index (χ4n) is 4.31. The Balaban J connectivity index is 2.03. The summed E-state index contributed by atoms with van der Waals surface area (Å²) in [5, 5.41) is 0. The lowest BCUT2D eigenvalue weighted by atomic mass is 9.66. The predicted molar refractivity (Wildman–Crippen MR) is 82.3 cm³/mol. The molecule has 0 aromatic carbocycles. The van der Waals surface area contributed by atoms with Crippen LogP contribution in [0.2, 0.25) is 0 Å². The van der Waals surface area contributed by atoms with Crippen molar-refractivity contribution in [2.24, 2.45) is 22.7 Å². The van der Waals surface area contributed by atoms with E-state index in [1.807, 2.05) is 6.92 Å². The highest BCUT2D eigenvalue weighted by molar-refractivity contribution is 5.87. The molecule has 0 heterocycles. The van der Waals surface area contributed by atoms with Gasteiger partial charge >= 0.3 is 5.97 Å². The number of rotatable bonds is 5. The van der Waals surface area contributed by atoms with Gasteiger partial charge in [0.2, 0.25) is 0 Å². The van der Waals surface area contributed by atoms with Crippen molar-refractivity contribution < 1.29 is 9.53 Å². The topological polar surface area (TPSA) is 26.3 Å². The average Bonchev–Trinajstić information content (AvgIpc) is 2.72. The van der Waals surface area contributed by atoms with E-state index in [0.29, 0.717) is 23.4 Å². The minimum absolute atomic E-state index is 0.123. The van der Waals surface area contributed by atoms with Crippen molar-refractivity contribution in [1.29, 1.82) is 0 Å². The summed E-state index contributed by atoms with van der Waals surface area (Å²) in [5.74, 6) is 1.23. The first kappa shape index (κ1) is 15.6.